The largest absolute Gasteiger partial charge is 0.371 e. The van der Waals surface area contributed by atoms with E-state index in [2.05, 4.69) is 40.7 Å². The molecular weight excluding hydrogens is 314 g/mol. The van der Waals surface area contributed by atoms with Gasteiger partial charge in [-0.2, -0.15) is 0 Å². The molecule has 1 aromatic carbocycles. The van der Waals surface area contributed by atoms with E-state index in [0.29, 0.717) is 5.41 Å². The molecule has 0 aromatic heterocycles. The van der Waals surface area contributed by atoms with Gasteiger partial charge in [0.25, 0.3) is 0 Å². The van der Waals surface area contributed by atoms with Gasteiger partial charge in [-0.1, -0.05) is 26.7 Å². The molecule has 2 nitrogen and oxygen atoms in total. The number of rotatable bonds is 4. The van der Waals surface area contributed by atoms with Crippen molar-refractivity contribution >= 4 is 27.4 Å². The minimum absolute atomic E-state index is 0.117. The lowest BCUT2D eigenvalue weighted by molar-refractivity contribution is 0.101. The van der Waals surface area contributed by atoms with Crippen molar-refractivity contribution in [3.05, 3.63) is 28.2 Å². The third-order valence-electron chi connectivity index (χ3n) is 5.02. The molecule has 3 heteroatoms. The monoisotopic (exact) mass is 337 g/mol. The number of carbonyl (C=O) groups excluding carboxylic acids is 1. The van der Waals surface area contributed by atoms with Gasteiger partial charge in [0, 0.05) is 23.1 Å². The van der Waals surface area contributed by atoms with Crippen LogP contribution in [0.4, 0.5) is 5.69 Å². The molecule has 1 heterocycles. The van der Waals surface area contributed by atoms with Crippen LogP contribution < -0.4 is 4.90 Å². The maximum atomic E-state index is 11.4. The molecule has 1 aromatic rings. The molecule has 0 amide bonds. The summed E-state index contributed by atoms with van der Waals surface area (Å²) in [6.45, 7) is 8.46. The normalized spacial score (nSPS) is 18.1. The quantitative estimate of drug-likeness (QED) is 0.716. The molecule has 0 N–H and O–H groups in total. The predicted molar refractivity (Wildman–Crippen MR) is 88.6 cm³/mol. The zero-order valence-corrected chi connectivity index (χ0v) is 14.3. The summed E-state index contributed by atoms with van der Waals surface area (Å²) in [6.07, 6.45) is 5.09. The number of Topliss-reactive ketones (excluding diaryl/α,β-unsaturated/α-hetero) is 1. The fraction of sp³-hybridized carbons (Fsp3) is 0.588. The summed E-state index contributed by atoms with van der Waals surface area (Å²) in [5.41, 5.74) is 2.53. The van der Waals surface area contributed by atoms with Crippen LogP contribution in [0.2, 0.25) is 0 Å². The van der Waals surface area contributed by atoms with E-state index in [1.54, 1.807) is 6.92 Å². The molecule has 1 saturated heterocycles. The number of piperidine rings is 1. The Morgan fingerprint density at radius 2 is 1.85 bits per heavy atom. The number of nitrogens with zero attached hydrogens (tertiary/aromatic N) is 1. The smallest absolute Gasteiger partial charge is 0.159 e. The van der Waals surface area contributed by atoms with Crippen LogP contribution >= 0.6 is 15.9 Å². The van der Waals surface area contributed by atoms with Gasteiger partial charge in [-0.15, -0.1) is 0 Å². The first kappa shape index (κ1) is 15.6. The number of hydrogen-bond donors (Lipinski definition) is 0. The first-order valence-electron chi connectivity index (χ1n) is 7.57. The van der Waals surface area contributed by atoms with Gasteiger partial charge >= 0.3 is 0 Å². The van der Waals surface area contributed by atoms with E-state index in [1.165, 1.54) is 31.4 Å². The Balaban J connectivity index is 2.13. The van der Waals surface area contributed by atoms with E-state index in [1.807, 2.05) is 12.1 Å². The molecule has 0 saturated carbocycles. The second-order valence-electron chi connectivity index (χ2n) is 5.92. The molecule has 20 heavy (non-hydrogen) atoms. The summed E-state index contributed by atoms with van der Waals surface area (Å²) in [5.74, 6) is 0.117. The molecule has 0 aliphatic carbocycles. The maximum absolute atomic E-state index is 11.4. The van der Waals surface area contributed by atoms with Crippen LogP contribution in [-0.4, -0.2) is 18.9 Å². The molecule has 0 unspecified atom stereocenters. The highest BCUT2D eigenvalue weighted by Gasteiger charge is 2.31. The molecular formula is C17H24BrNO. The van der Waals surface area contributed by atoms with Gasteiger partial charge in [-0.05, 0) is 59.3 Å². The molecule has 0 atom stereocenters. The number of halogens is 1. The first-order chi connectivity index (χ1) is 9.51. The fourth-order valence-corrected chi connectivity index (χ4v) is 3.79. The number of anilines is 1. The van der Waals surface area contributed by atoms with E-state index >= 15 is 0 Å². The van der Waals surface area contributed by atoms with Gasteiger partial charge in [-0.25, -0.2) is 0 Å². The van der Waals surface area contributed by atoms with Gasteiger partial charge in [0.1, 0.15) is 0 Å². The van der Waals surface area contributed by atoms with Crippen LogP contribution in [-0.2, 0) is 0 Å². The average molecular weight is 338 g/mol. The van der Waals surface area contributed by atoms with Crippen molar-refractivity contribution in [2.45, 2.75) is 46.5 Å². The van der Waals surface area contributed by atoms with E-state index in [-0.39, 0.29) is 5.78 Å². The summed E-state index contributed by atoms with van der Waals surface area (Å²) in [6, 6.07) is 5.95. The molecule has 1 fully saturated rings. The Bertz CT molecular complexity index is 484. The van der Waals surface area contributed by atoms with Crippen molar-refractivity contribution in [2.75, 3.05) is 18.0 Å². The van der Waals surface area contributed by atoms with Crippen molar-refractivity contribution in [1.29, 1.82) is 0 Å². The van der Waals surface area contributed by atoms with Crippen LogP contribution in [0.15, 0.2) is 22.7 Å². The van der Waals surface area contributed by atoms with Crippen molar-refractivity contribution in [3.8, 4) is 0 Å². The molecule has 1 aliphatic heterocycles. The fourth-order valence-electron chi connectivity index (χ4n) is 3.16. The molecule has 2 rings (SSSR count). The number of benzene rings is 1. The van der Waals surface area contributed by atoms with Crippen LogP contribution in [0.25, 0.3) is 0 Å². The Hall–Kier alpha value is -0.830. The van der Waals surface area contributed by atoms with E-state index < -0.39 is 0 Å². The molecule has 110 valence electrons. The second-order valence-corrected chi connectivity index (χ2v) is 6.77. The molecule has 1 aliphatic rings. The molecule has 0 radical (unpaired) electrons. The Kier molecular flexibility index (Phi) is 4.90. The lowest BCUT2D eigenvalue weighted by Crippen LogP contribution is -2.39. The van der Waals surface area contributed by atoms with Gasteiger partial charge in [0.15, 0.2) is 5.78 Å². The standard InChI is InChI=1S/C17H24BrNO/c1-4-17(5-2)8-10-19(11-9-17)16-7-6-14(13(3)20)12-15(16)18/h6-7,12H,4-5,8-11H2,1-3H3. The van der Waals surface area contributed by atoms with Gasteiger partial charge in [0.2, 0.25) is 0 Å². The minimum Gasteiger partial charge on any atom is -0.371 e. The average Bonchev–Trinajstić information content (AvgIpc) is 2.47. The Morgan fingerprint density at radius 1 is 1.25 bits per heavy atom. The zero-order chi connectivity index (χ0) is 14.8. The second kappa shape index (κ2) is 6.30. The summed E-state index contributed by atoms with van der Waals surface area (Å²) in [4.78, 5) is 13.9. The minimum atomic E-state index is 0.117. The highest BCUT2D eigenvalue weighted by molar-refractivity contribution is 9.10. The molecule has 0 bridgehead atoms. The maximum Gasteiger partial charge on any atom is 0.159 e. The van der Waals surface area contributed by atoms with Crippen molar-refractivity contribution in [1.82, 2.24) is 0 Å². The Morgan fingerprint density at radius 3 is 2.30 bits per heavy atom. The van der Waals surface area contributed by atoms with Gasteiger partial charge in [-0.3, -0.25) is 4.79 Å². The van der Waals surface area contributed by atoms with Crippen molar-refractivity contribution in [2.24, 2.45) is 5.41 Å². The highest BCUT2D eigenvalue weighted by atomic mass is 79.9. The summed E-state index contributed by atoms with van der Waals surface area (Å²) >= 11 is 3.62. The number of hydrogen-bond acceptors (Lipinski definition) is 2. The van der Waals surface area contributed by atoms with Crippen molar-refractivity contribution < 1.29 is 4.79 Å². The lowest BCUT2D eigenvalue weighted by atomic mass is 9.74. The van der Waals surface area contributed by atoms with Gasteiger partial charge < -0.3 is 4.90 Å². The first-order valence-corrected chi connectivity index (χ1v) is 8.36. The summed E-state index contributed by atoms with van der Waals surface area (Å²) in [5, 5.41) is 0. The van der Waals surface area contributed by atoms with Crippen LogP contribution in [0, 0.1) is 5.41 Å². The lowest BCUT2D eigenvalue weighted by Gasteiger charge is -2.42. The van der Waals surface area contributed by atoms with E-state index in [9.17, 15) is 4.79 Å². The van der Waals surface area contributed by atoms with Crippen LogP contribution in [0.5, 0.6) is 0 Å². The van der Waals surface area contributed by atoms with E-state index in [0.717, 1.165) is 23.1 Å². The topological polar surface area (TPSA) is 20.3 Å². The Labute approximate surface area is 130 Å². The predicted octanol–water partition coefficient (Wildman–Crippen LogP) is 5.06. The third-order valence-corrected chi connectivity index (χ3v) is 5.65. The summed E-state index contributed by atoms with van der Waals surface area (Å²) < 4.78 is 1.03. The van der Waals surface area contributed by atoms with Gasteiger partial charge in [0.05, 0.1) is 5.69 Å². The number of carbonyl (C=O) groups is 1. The van der Waals surface area contributed by atoms with E-state index in [4.69, 9.17) is 0 Å². The third kappa shape index (κ3) is 3.08. The van der Waals surface area contributed by atoms with Crippen LogP contribution in [0.3, 0.4) is 0 Å². The molecule has 0 spiro atoms. The van der Waals surface area contributed by atoms with Crippen LogP contribution in [0.1, 0.15) is 56.8 Å². The number of ketones is 1. The van der Waals surface area contributed by atoms with Crippen molar-refractivity contribution in [3.63, 3.8) is 0 Å². The highest BCUT2D eigenvalue weighted by Crippen LogP contribution is 2.40. The SMILES string of the molecule is CCC1(CC)CCN(c2ccc(C(C)=O)cc2Br)CC1. The zero-order valence-electron chi connectivity index (χ0n) is 12.7. The summed E-state index contributed by atoms with van der Waals surface area (Å²) in [7, 11) is 0.